The van der Waals surface area contributed by atoms with Crippen LogP contribution in [0.4, 0.5) is 0 Å². The van der Waals surface area contributed by atoms with Gasteiger partial charge in [0.15, 0.2) is 0 Å². The topological polar surface area (TPSA) is 51.2 Å². The molecule has 4 nitrogen and oxygen atoms in total. The quantitative estimate of drug-likeness (QED) is 0.619. The van der Waals surface area contributed by atoms with Crippen molar-refractivity contribution in [2.75, 3.05) is 12.9 Å². The lowest BCUT2D eigenvalue weighted by Crippen LogP contribution is -2.57. The predicted molar refractivity (Wildman–Crippen MR) is 81.2 cm³/mol. The van der Waals surface area contributed by atoms with E-state index in [1.165, 1.54) is 20.0 Å². The maximum atomic E-state index is 12.4. The van der Waals surface area contributed by atoms with Crippen LogP contribution in [0.3, 0.4) is 0 Å². The summed E-state index contributed by atoms with van der Waals surface area (Å²) in [5.74, 6) is 1.03. The number of hydrogen-bond donors (Lipinski definition) is 1. The molecule has 1 N–H and O–H groups in total. The number of thiazole rings is 1. The summed E-state index contributed by atoms with van der Waals surface area (Å²) < 4.78 is 6.14. The van der Waals surface area contributed by atoms with Crippen LogP contribution >= 0.6 is 23.1 Å². The second-order valence-electron chi connectivity index (χ2n) is 5.70. The van der Waals surface area contributed by atoms with Crippen LogP contribution in [0, 0.1) is 12.8 Å². The van der Waals surface area contributed by atoms with Gasteiger partial charge in [0.05, 0.1) is 7.11 Å². The van der Waals surface area contributed by atoms with Crippen LogP contribution in [0.1, 0.15) is 31.4 Å². The maximum absolute atomic E-state index is 12.4. The van der Waals surface area contributed by atoms with E-state index < -0.39 is 5.54 Å². The first-order chi connectivity index (χ1) is 9.64. The first-order valence-electron chi connectivity index (χ1n) is 7.05. The first kappa shape index (κ1) is 14.4. The van der Waals surface area contributed by atoms with Gasteiger partial charge in [-0.2, -0.15) is 0 Å². The fraction of sp³-hybridized carbons (Fsp3) is 0.714. The predicted octanol–water partition coefficient (Wildman–Crippen LogP) is 2.62. The molecule has 0 radical (unpaired) electrons. The van der Waals surface area contributed by atoms with Crippen LogP contribution in [-0.2, 0) is 9.53 Å². The number of methoxy groups -OCH3 is 1. The molecule has 0 saturated heterocycles. The van der Waals surface area contributed by atoms with Crippen molar-refractivity contribution in [1.29, 1.82) is 0 Å². The minimum Gasteiger partial charge on any atom is -0.468 e. The van der Waals surface area contributed by atoms with Gasteiger partial charge in [0.2, 0.25) is 0 Å². The maximum Gasteiger partial charge on any atom is 0.327 e. The normalized spacial score (nSPS) is 21.5. The van der Waals surface area contributed by atoms with Gasteiger partial charge in [0, 0.05) is 22.9 Å². The number of thioether (sulfide) groups is 1. The fourth-order valence-electron chi connectivity index (χ4n) is 2.49. The number of rotatable bonds is 7. The summed E-state index contributed by atoms with van der Waals surface area (Å²) in [4.78, 5) is 16.9. The lowest BCUT2D eigenvalue weighted by Gasteiger charge is -2.32. The molecule has 3 rings (SSSR count). The smallest absolute Gasteiger partial charge is 0.327 e. The highest BCUT2D eigenvalue weighted by Gasteiger charge is 2.53. The number of esters is 1. The molecular weight excluding hydrogens is 292 g/mol. The molecule has 2 aliphatic rings. The molecule has 0 amide bonds. The van der Waals surface area contributed by atoms with E-state index in [-0.39, 0.29) is 5.97 Å². The van der Waals surface area contributed by atoms with Crippen molar-refractivity contribution in [2.45, 2.75) is 48.5 Å². The molecule has 1 atom stereocenters. The average molecular weight is 312 g/mol. The van der Waals surface area contributed by atoms with Crippen LogP contribution in [-0.4, -0.2) is 35.4 Å². The summed E-state index contributed by atoms with van der Waals surface area (Å²) in [6, 6.07) is 0.494. The van der Waals surface area contributed by atoms with Crippen molar-refractivity contribution in [3.63, 3.8) is 0 Å². The van der Waals surface area contributed by atoms with Gasteiger partial charge in [-0.25, -0.2) is 4.98 Å². The van der Waals surface area contributed by atoms with E-state index in [0.717, 1.165) is 22.9 Å². The monoisotopic (exact) mass is 312 g/mol. The van der Waals surface area contributed by atoms with Crippen LogP contribution in [0.25, 0.3) is 0 Å². The number of nitrogens with one attached hydrogen (secondary N) is 1. The third-order valence-electron chi connectivity index (χ3n) is 3.88. The Labute approximate surface area is 127 Å². The third kappa shape index (κ3) is 3.02. The van der Waals surface area contributed by atoms with Gasteiger partial charge in [0.25, 0.3) is 0 Å². The van der Waals surface area contributed by atoms with Gasteiger partial charge in [-0.05, 0) is 38.5 Å². The minimum atomic E-state index is -0.514. The van der Waals surface area contributed by atoms with E-state index in [2.05, 4.69) is 10.3 Å². The average Bonchev–Trinajstić information content (AvgIpc) is 3.34. The molecule has 1 aromatic rings. The van der Waals surface area contributed by atoms with Crippen molar-refractivity contribution in [2.24, 2.45) is 5.92 Å². The summed E-state index contributed by atoms with van der Waals surface area (Å²) in [5.41, 5.74) is 0.530. The van der Waals surface area contributed by atoms with E-state index in [0.29, 0.717) is 17.7 Å². The minimum absolute atomic E-state index is 0.104. The fourth-order valence-corrected chi connectivity index (χ4v) is 4.60. The Bertz CT molecular complexity index is 497. The molecule has 0 aromatic carbocycles. The Morgan fingerprint density at radius 1 is 1.55 bits per heavy atom. The standard InChI is InChI=1S/C14H20N2O2S2/c1-9-7-19-13(15-9)20-8-14(10-3-4-10,12(17)18-2)16-11-5-6-11/h7,10-11,16H,3-6,8H2,1-2H3. The molecule has 0 spiro atoms. The van der Waals surface area contributed by atoms with Crippen molar-refractivity contribution in [3.05, 3.63) is 11.1 Å². The number of hydrogen-bond acceptors (Lipinski definition) is 6. The first-order valence-corrected chi connectivity index (χ1v) is 8.91. The molecular formula is C14H20N2O2S2. The van der Waals surface area contributed by atoms with E-state index in [1.807, 2.05) is 12.3 Å². The Kier molecular flexibility index (Phi) is 4.06. The van der Waals surface area contributed by atoms with Crippen molar-refractivity contribution >= 4 is 29.1 Å². The zero-order chi connectivity index (χ0) is 14.2. The van der Waals surface area contributed by atoms with Gasteiger partial charge in [-0.3, -0.25) is 10.1 Å². The number of carbonyl (C=O) groups excluding carboxylic acids is 1. The highest BCUT2D eigenvalue weighted by molar-refractivity contribution is 8.01. The molecule has 1 unspecified atom stereocenters. The summed E-state index contributed by atoms with van der Waals surface area (Å²) in [7, 11) is 1.49. The van der Waals surface area contributed by atoms with Gasteiger partial charge >= 0.3 is 5.97 Å². The Balaban J connectivity index is 1.74. The summed E-state index contributed by atoms with van der Waals surface area (Å²) in [5, 5.41) is 5.62. The molecule has 0 bridgehead atoms. The molecule has 2 saturated carbocycles. The van der Waals surface area contributed by atoms with Crippen LogP contribution in [0.5, 0.6) is 0 Å². The number of ether oxygens (including phenoxy) is 1. The van der Waals surface area contributed by atoms with E-state index >= 15 is 0 Å². The van der Waals surface area contributed by atoms with Crippen molar-refractivity contribution in [3.8, 4) is 0 Å². The lowest BCUT2D eigenvalue weighted by molar-refractivity contribution is -0.148. The van der Waals surface area contributed by atoms with Gasteiger partial charge in [0.1, 0.15) is 9.88 Å². The van der Waals surface area contributed by atoms with E-state index in [9.17, 15) is 4.79 Å². The summed E-state index contributed by atoms with van der Waals surface area (Å²) in [6.07, 6.45) is 4.58. The zero-order valence-corrected chi connectivity index (χ0v) is 13.5. The molecule has 20 heavy (non-hydrogen) atoms. The van der Waals surface area contributed by atoms with Crippen LogP contribution < -0.4 is 5.32 Å². The van der Waals surface area contributed by atoms with Crippen molar-refractivity contribution < 1.29 is 9.53 Å². The van der Waals surface area contributed by atoms with Gasteiger partial charge in [-0.15, -0.1) is 11.3 Å². The molecule has 0 aliphatic heterocycles. The molecule has 110 valence electrons. The summed E-state index contributed by atoms with van der Waals surface area (Å²) in [6.45, 7) is 2.00. The number of carbonyl (C=O) groups is 1. The molecule has 2 aliphatic carbocycles. The van der Waals surface area contributed by atoms with Crippen LogP contribution in [0.2, 0.25) is 0 Å². The van der Waals surface area contributed by atoms with E-state index in [1.54, 1.807) is 23.1 Å². The largest absolute Gasteiger partial charge is 0.468 e. The Morgan fingerprint density at radius 2 is 2.30 bits per heavy atom. The van der Waals surface area contributed by atoms with Crippen LogP contribution in [0.15, 0.2) is 9.72 Å². The Morgan fingerprint density at radius 3 is 2.80 bits per heavy atom. The second kappa shape index (κ2) is 5.66. The zero-order valence-electron chi connectivity index (χ0n) is 11.8. The number of aromatic nitrogens is 1. The number of aryl methyl sites for hydroxylation is 1. The summed E-state index contributed by atoms with van der Waals surface area (Å²) >= 11 is 3.32. The third-order valence-corrected chi connectivity index (χ3v) is 6.22. The second-order valence-corrected chi connectivity index (χ2v) is 7.78. The van der Waals surface area contributed by atoms with Gasteiger partial charge in [-0.1, -0.05) is 11.8 Å². The SMILES string of the molecule is COC(=O)C(CSc1nc(C)cs1)(NC1CC1)C1CC1. The molecule has 2 fully saturated rings. The van der Waals surface area contributed by atoms with Crippen molar-refractivity contribution in [1.82, 2.24) is 10.3 Å². The highest BCUT2D eigenvalue weighted by Crippen LogP contribution is 2.45. The molecule has 6 heteroatoms. The highest BCUT2D eigenvalue weighted by atomic mass is 32.2. The Hall–Kier alpha value is -0.590. The van der Waals surface area contributed by atoms with Gasteiger partial charge < -0.3 is 4.74 Å². The molecule has 1 heterocycles. The lowest BCUT2D eigenvalue weighted by atomic mass is 9.95. The van der Waals surface area contributed by atoms with E-state index in [4.69, 9.17) is 4.74 Å². The molecule has 1 aromatic heterocycles. The number of nitrogens with zero attached hydrogens (tertiary/aromatic N) is 1.